The second-order valence-corrected chi connectivity index (χ2v) is 9.09. The zero-order valence-corrected chi connectivity index (χ0v) is 20.0. The van der Waals surface area contributed by atoms with E-state index in [9.17, 15) is 13.2 Å². The Balaban J connectivity index is 1.72. The average molecular weight is 469 g/mol. The molecule has 0 spiro atoms. The Morgan fingerprint density at radius 3 is 2.06 bits per heavy atom. The Bertz CT molecular complexity index is 1240. The van der Waals surface area contributed by atoms with E-state index in [1.54, 1.807) is 42.5 Å². The molecule has 0 saturated carbocycles. The summed E-state index contributed by atoms with van der Waals surface area (Å²) in [6.07, 6.45) is 0. The van der Waals surface area contributed by atoms with E-state index in [0.717, 1.165) is 11.1 Å². The van der Waals surface area contributed by atoms with Crippen LogP contribution in [0.1, 0.15) is 35.3 Å². The summed E-state index contributed by atoms with van der Waals surface area (Å²) < 4.78 is 39.1. The molecule has 3 rings (SSSR count). The summed E-state index contributed by atoms with van der Waals surface area (Å²) in [7, 11) is -3.76. The lowest BCUT2D eigenvalue weighted by Gasteiger charge is -2.13. The summed E-state index contributed by atoms with van der Waals surface area (Å²) >= 11 is 0. The highest BCUT2D eigenvalue weighted by atomic mass is 32.2. The second kappa shape index (κ2) is 10.4. The van der Waals surface area contributed by atoms with Crippen LogP contribution >= 0.6 is 0 Å². The Labute approximate surface area is 194 Å². The molecule has 1 amide bonds. The number of carbonyl (C=O) groups excluding carboxylic acids is 1. The molecule has 7 nitrogen and oxygen atoms in total. The van der Waals surface area contributed by atoms with E-state index in [4.69, 9.17) is 9.47 Å². The summed E-state index contributed by atoms with van der Waals surface area (Å²) in [5.74, 6) is 0.718. The zero-order valence-electron chi connectivity index (χ0n) is 19.1. The van der Waals surface area contributed by atoms with Crippen LogP contribution in [0.4, 0.5) is 11.4 Å². The minimum Gasteiger partial charge on any atom is -0.490 e. The normalized spacial score (nSPS) is 11.0. The van der Waals surface area contributed by atoms with Gasteiger partial charge in [-0.25, -0.2) is 8.42 Å². The molecule has 33 heavy (non-hydrogen) atoms. The van der Waals surface area contributed by atoms with Crippen LogP contribution in [0.5, 0.6) is 11.5 Å². The van der Waals surface area contributed by atoms with Gasteiger partial charge in [0.2, 0.25) is 0 Å². The van der Waals surface area contributed by atoms with Crippen molar-refractivity contribution in [2.75, 3.05) is 23.3 Å². The van der Waals surface area contributed by atoms with Crippen molar-refractivity contribution in [1.82, 2.24) is 0 Å². The molecule has 0 aliphatic carbocycles. The zero-order chi connectivity index (χ0) is 24.0. The lowest BCUT2D eigenvalue weighted by molar-refractivity contribution is 0.102. The van der Waals surface area contributed by atoms with Gasteiger partial charge in [0.1, 0.15) is 0 Å². The number of amides is 1. The van der Waals surface area contributed by atoms with Gasteiger partial charge in [-0.2, -0.15) is 0 Å². The molecule has 0 aliphatic heterocycles. The van der Waals surface area contributed by atoms with Crippen molar-refractivity contribution in [3.05, 3.63) is 77.4 Å². The third-order valence-corrected chi connectivity index (χ3v) is 6.38. The number of sulfonamides is 1. The molecule has 3 aromatic carbocycles. The summed E-state index contributed by atoms with van der Waals surface area (Å²) in [6, 6.07) is 16.3. The number of nitrogens with one attached hydrogen (secondary N) is 2. The number of hydrogen-bond acceptors (Lipinski definition) is 5. The molecule has 0 aromatic heterocycles. The number of hydrogen-bond donors (Lipinski definition) is 2. The van der Waals surface area contributed by atoms with Gasteiger partial charge >= 0.3 is 0 Å². The van der Waals surface area contributed by atoms with E-state index in [2.05, 4.69) is 10.0 Å². The van der Waals surface area contributed by atoms with E-state index in [-0.39, 0.29) is 10.8 Å². The van der Waals surface area contributed by atoms with Crippen molar-refractivity contribution in [2.24, 2.45) is 0 Å². The highest BCUT2D eigenvalue weighted by Crippen LogP contribution is 2.29. The van der Waals surface area contributed by atoms with Gasteiger partial charge in [0.15, 0.2) is 11.5 Å². The van der Waals surface area contributed by atoms with Gasteiger partial charge in [0, 0.05) is 16.9 Å². The van der Waals surface area contributed by atoms with Crippen LogP contribution in [0, 0.1) is 13.8 Å². The predicted molar refractivity (Wildman–Crippen MR) is 130 cm³/mol. The number of ether oxygens (including phenoxy) is 2. The number of aryl methyl sites for hydroxylation is 2. The number of anilines is 2. The number of carbonyl (C=O) groups is 1. The molecular weight excluding hydrogens is 440 g/mol. The van der Waals surface area contributed by atoms with E-state index in [0.29, 0.717) is 41.7 Å². The van der Waals surface area contributed by atoms with Gasteiger partial charge in [0.05, 0.1) is 18.1 Å². The summed E-state index contributed by atoms with van der Waals surface area (Å²) in [4.78, 5) is 12.8. The average Bonchev–Trinajstić information content (AvgIpc) is 2.78. The van der Waals surface area contributed by atoms with Crippen molar-refractivity contribution >= 4 is 27.3 Å². The lowest BCUT2D eigenvalue weighted by atomic mass is 10.1. The van der Waals surface area contributed by atoms with Crippen LogP contribution in [0.3, 0.4) is 0 Å². The second-order valence-electron chi connectivity index (χ2n) is 7.41. The van der Waals surface area contributed by atoms with E-state index < -0.39 is 10.0 Å². The van der Waals surface area contributed by atoms with Crippen LogP contribution in [0.15, 0.2) is 65.6 Å². The summed E-state index contributed by atoms with van der Waals surface area (Å²) in [6.45, 7) is 8.54. The quantitative estimate of drug-likeness (QED) is 0.453. The maximum atomic E-state index is 12.7. The maximum absolute atomic E-state index is 12.7. The predicted octanol–water partition coefficient (Wildman–Crippen LogP) is 5.15. The molecule has 0 unspecified atom stereocenters. The van der Waals surface area contributed by atoms with Crippen LogP contribution in [0.25, 0.3) is 0 Å². The summed E-state index contributed by atoms with van der Waals surface area (Å²) in [5.41, 5.74) is 3.44. The van der Waals surface area contributed by atoms with E-state index in [1.165, 1.54) is 12.1 Å². The molecule has 3 aromatic rings. The number of benzene rings is 3. The molecule has 0 heterocycles. The molecule has 174 valence electrons. The largest absolute Gasteiger partial charge is 0.490 e. The monoisotopic (exact) mass is 468 g/mol. The first-order valence-electron chi connectivity index (χ1n) is 10.6. The first kappa shape index (κ1) is 24.1. The molecule has 0 atom stereocenters. The molecule has 2 N–H and O–H groups in total. The third kappa shape index (κ3) is 6.04. The molecule has 0 saturated heterocycles. The van der Waals surface area contributed by atoms with Crippen molar-refractivity contribution in [1.29, 1.82) is 0 Å². The topological polar surface area (TPSA) is 93.7 Å². The minimum absolute atomic E-state index is 0.0958. The minimum atomic E-state index is -3.76. The van der Waals surface area contributed by atoms with Crippen LogP contribution < -0.4 is 19.5 Å². The molecule has 8 heteroatoms. The van der Waals surface area contributed by atoms with Crippen molar-refractivity contribution in [3.8, 4) is 11.5 Å². The maximum Gasteiger partial charge on any atom is 0.261 e. The van der Waals surface area contributed by atoms with Gasteiger partial charge in [0.25, 0.3) is 15.9 Å². The highest BCUT2D eigenvalue weighted by molar-refractivity contribution is 7.92. The first-order chi connectivity index (χ1) is 15.7. The Hall–Kier alpha value is -3.52. The molecule has 0 radical (unpaired) electrons. The molecule has 0 aliphatic rings. The Morgan fingerprint density at radius 2 is 1.42 bits per heavy atom. The van der Waals surface area contributed by atoms with E-state index >= 15 is 0 Å². The van der Waals surface area contributed by atoms with Crippen molar-refractivity contribution in [2.45, 2.75) is 32.6 Å². The van der Waals surface area contributed by atoms with Crippen molar-refractivity contribution < 1.29 is 22.7 Å². The molecule has 0 bridgehead atoms. The van der Waals surface area contributed by atoms with Gasteiger partial charge in [-0.3, -0.25) is 9.52 Å². The van der Waals surface area contributed by atoms with Gasteiger partial charge in [-0.1, -0.05) is 6.07 Å². The fourth-order valence-electron chi connectivity index (χ4n) is 3.13. The lowest BCUT2D eigenvalue weighted by Crippen LogP contribution is -2.14. The Kier molecular flexibility index (Phi) is 7.60. The standard InChI is InChI=1S/C25H28N2O5S/c1-5-31-23-14-8-19(16-24(23)32-6-2)25(28)26-20-10-12-22(13-11-20)33(29,30)27-21-9-7-17(3)18(4)15-21/h7-16,27H,5-6H2,1-4H3,(H,26,28). The van der Waals surface area contributed by atoms with E-state index in [1.807, 2.05) is 33.8 Å². The fraction of sp³-hybridized carbons (Fsp3) is 0.240. The smallest absolute Gasteiger partial charge is 0.261 e. The Morgan fingerprint density at radius 1 is 0.788 bits per heavy atom. The molecule has 0 fully saturated rings. The SMILES string of the molecule is CCOc1ccc(C(=O)Nc2ccc(S(=O)(=O)Nc3ccc(C)c(C)c3)cc2)cc1OCC. The van der Waals surface area contributed by atoms with Gasteiger partial charge < -0.3 is 14.8 Å². The van der Waals surface area contributed by atoms with Gasteiger partial charge in [-0.05, 0) is 93.4 Å². The number of rotatable bonds is 9. The first-order valence-corrected chi connectivity index (χ1v) is 12.1. The molecular formula is C25H28N2O5S. The van der Waals surface area contributed by atoms with Crippen molar-refractivity contribution in [3.63, 3.8) is 0 Å². The third-order valence-electron chi connectivity index (χ3n) is 4.99. The van der Waals surface area contributed by atoms with Crippen LogP contribution in [-0.2, 0) is 10.0 Å². The fourth-order valence-corrected chi connectivity index (χ4v) is 4.18. The van der Waals surface area contributed by atoms with Crippen LogP contribution in [0.2, 0.25) is 0 Å². The van der Waals surface area contributed by atoms with Crippen LogP contribution in [-0.4, -0.2) is 27.5 Å². The summed E-state index contributed by atoms with van der Waals surface area (Å²) in [5, 5.41) is 2.77. The highest BCUT2D eigenvalue weighted by Gasteiger charge is 2.16. The van der Waals surface area contributed by atoms with Gasteiger partial charge in [-0.15, -0.1) is 0 Å².